The van der Waals surface area contributed by atoms with Gasteiger partial charge in [-0.25, -0.2) is 4.79 Å². The van der Waals surface area contributed by atoms with Crippen LogP contribution in [0.15, 0.2) is 0 Å². The van der Waals surface area contributed by atoms with Crippen LogP contribution in [0.3, 0.4) is 0 Å². The van der Waals surface area contributed by atoms with Crippen molar-refractivity contribution in [2.24, 2.45) is 11.8 Å². The molecule has 1 heterocycles. The molecular formula is C13H19F3N2O3. The van der Waals surface area contributed by atoms with Crippen LogP contribution in [0.1, 0.15) is 32.1 Å². The Morgan fingerprint density at radius 3 is 2.19 bits per heavy atom. The fourth-order valence-electron chi connectivity index (χ4n) is 2.98. The van der Waals surface area contributed by atoms with Gasteiger partial charge in [-0.05, 0) is 32.1 Å². The van der Waals surface area contributed by atoms with Crippen molar-refractivity contribution in [3.05, 3.63) is 0 Å². The number of carbonyl (C=O) groups is 2. The van der Waals surface area contributed by atoms with Crippen molar-refractivity contribution in [2.45, 2.75) is 44.3 Å². The number of likely N-dealkylation sites (tertiary alicyclic amines) is 1. The van der Waals surface area contributed by atoms with Crippen molar-refractivity contribution in [3.8, 4) is 0 Å². The minimum absolute atomic E-state index is 0.0339. The van der Waals surface area contributed by atoms with Crippen LogP contribution in [0.2, 0.25) is 0 Å². The van der Waals surface area contributed by atoms with E-state index in [1.807, 2.05) is 0 Å². The SMILES string of the molecule is O=C(O)C1CCN(C(=O)NC2CCC(C(F)(F)F)CC2)C1. The average Bonchev–Trinajstić information content (AvgIpc) is 2.88. The van der Waals surface area contributed by atoms with E-state index in [0.29, 0.717) is 25.8 Å². The van der Waals surface area contributed by atoms with Gasteiger partial charge in [-0.15, -0.1) is 0 Å². The van der Waals surface area contributed by atoms with E-state index in [0.717, 1.165) is 0 Å². The number of urea groups is 1. The van der Waals surface area contributed by atoms with E-state index < -0.39 is 24.0 Å². The van der Waals surface area contributed by atoms with Crippen LogP contribution in [0.5, 0.6) is 0 Å². The van der Waals surface area contributed by atoms with E-state index >= 15 is 0 Å². The fourth-order valence-corrected chi connectivity index (χ4v) is 2.98. The van der Waals surface area contributed by atoms with E-state index in [4.69, 9.17) is 5.11 Å². The van der Waals surface area contributed by atoms with E-state index in [-0.39, 0.29) is 31.5 Å². The molecule has 0 aromatic heterocycles. The van der Waals surface area contributed by atoms with Crippen LogP contribution in [0.25, 0.3) is 0 Å². The van der Waals surface area contributed by atoms with Crippen LogP contribution in [0, 0.1) is 11.8 Å². The summed E-state index contributed by atoms with van der Waals surface area (Å²) in [5.74, 6) is -2.73. The lowest BCUT2D eigenvalue weighted by molar-refractivity contribution is -0.182. The minimum Gasteiger partial charge on any atom is -0.481 e. The van der Waals surface area contributed by atoms with Gasteiger partial charge < -0.3 is 15.3 Å². The molecule has 5 nitrogen and oxygen atoms in total. The summed E-state index contributed by atoms with van der Waals surface area (Å²) in [6.45, 7) is 0.541. The number of amides is 2. The third kappa shape index (κ3) is 4.01. The maximum absolute atomic E-state index is 12.5. The summed E-state index contributed by atoms with van der Waals surface area (Å²) in [6.07, 6.45) is -3.04. The van der Waals surface area contributed by atoms with Crippen molar-refractivity contribution in [3.63, 3.8) is 0 Å². The first-order chi connectivity index (χ1) is 9.77. The molecule has 2 rings (SSSR count). The molecule has 1 saturated heterocycles. The Morgan fingerprint density at radius 1 is 1.10 bits per heavy atom. The minimum atomic E-state index is -4.15. The number of carbonyl (C=O) groups excluding carboxylic acids is 1. The lowest BCUT2D eigenvalue weighted by atomic mass is 9.85. The van der Waals surface area contributed by atoms with Crippen LogP contribution in [-0.2, 0) is 4.79 Å². The number of halogens is 3. The molecule has 0 spiro atoms. The number of aliphatic carboxylic acids is 1. The number of carboxylic acids is 1. The number of nitrogens with zero attached hydrogens (tertiary/aromatic N) is 1. The molecule has 1 aliphatic heterocycles. The second kappa shape index (κ2) is 6.11. The zero-order valence-electron chi connectivity index (χ0n) is 11.5. The molecule has 21 heavy (non-hydrogen) atoms. The van der Waals surface area contributed by atoms with Crippen LogP contribution in [0.4, 0.5) is 18.0 Å². The summed E-state index contributed by atoms with van der Waals surface area (Å²) in [5, 5.41) is 11.6. The molecule has 2 amide bonds. The predicted molar refractivity (Wildman–Crippen MR) is 67.6 cm³/mol. The zero-order chi connectivity index (χ0) is 15.6. The number of rotatable bonds is 2. The first kappa shape index (κ1) is 15.9. The Hall–Kier alpha value is -1.47. The molecule has 2 aliphatic rings. The van der Waals surface area contributed by atoms with Crippen LogP contribution in [-0.4, -0.2) is 47.3 Å². The molecule has 0 aromatic carbocycles. The molecule has 2 fully saturated rings. The predicted octanol–water partition coefficient (Wildman–Crippen LogP) is 2.22. The van der Waals surface area contributed by atoms with E-state index in [1.165, 1.54) is 4.90 Å². The molecule has 1 aliphatic carbocycles. The van der Waals surface area contributed by atoms with Crippen molar-refractivity contribution >= 4 is 12.0 Å². The Kier molecular flexibility index (Phi) is 4.63. The third-order valence-corrected chi connectivity index (χ3v) is 4.34. The number of nitrogens with one attached hydrogen (secondary N) is 1. The number of carboxylic acid groups (broad SMARTS) is 1. The van der Waals surface area contributed by atoms with Gasteiger partial charge >= 0.3 is 18.2 Å². The van der Waals surface area contributed by atoms with Gasteiger partial charge in [0, 0.05) is 19.1 Å². The second-order valence-corrected chi connectivity index (χ2v) is 5.81. The lowest BCUT2D eigenvalue weighted by Crippen LogP contribution is -2.46. The molecule has 0 aromatic rings. The summed E-state index contributed by atoms with van der Waals surface area (Å²) < 4.78 is 37.6. The Balaban J connectivity index is 1.76. The normalized spacial score (nSPS) is 30.2. The van der Waals surface area contributed by atoms with Gasteiger partial charge in [0.1, 0.15) is 0 Å². The Bertz CT molecular complexity index is 406. The van der Waals surface area contributed by atoms with Gasteiger partial charge in [-0.2, -0.15) is 13.2 Å². The maximum atomic E-state index is 12.5. The van der Waals surface area contributed by atoms with Gasteiger partial charge in [0.2, 0.25) is 0 Å². The van der Waals surface area contributed by atoms with Gasteiger partial charge in [0.15, 0.2) is 0 Å². The van der Waals surface area contributed by atoms with Gasteiger partial charge in [-0.3, -0.25) is 4.79 Å². The summed E-state index contributed by atoms with van der Waals surface area (Å²) >= 11 is 0. The van der Waals surface area contributed by atoms with Gasteiger partial charge in [0.25, 0.3) is 0 Å². The smallest absolute Gasteiger partial charge is 0.391 e. The lowest BCUT2D eigenvalue weighted by Gasteiger charge is -2.31. The maximum Gasteiger partial charge on any atom is 0.391 e. The van der Waals surface area contributed by atoms with Crippen molar-refractivity contribution < 1.29 is 27.9 Å². The van der Waals surface area contributed by atoms with Crippen molar-refractivity contribution in [1.29, 1.82) is 0 Å². The van der Waals surface area contributed by atoms with Gasteiger partial charge in [-0.1, -0.05) is 0 Å². The largest absolute Gasteiger partial charge is 0.481 e. The molecule has 8 heteroatoms. The van der Waals surface area contributed by atoms with Crippen LogP contribution >= 0.6 is 0 Å². The highest BCUT2D eigenvalue weighted by Crippen LogP contribution is 2.37. The highest BCUT2D eigenvalue weighted by molar-refractivity contribution is 5.77. The quantitative estimate of drug-likeness (QED) is 0.822. The van der Waals surface area contributed by atoms with Gasteiger partial charge in [0.05, 0.1) is 11.8 Å². The molecule has 1 unspecified atom stereocenters. The summed E-state index contributed by atoms with van der Waals surface area (Å²) in [5.41, 5.74) is 0. The highest BCUT2D eigenvalue weighted by Gasteiger charge is 2.42. The third-order valence-electron chi connectivity index (χ3n) is 4.34. The highest BCUT2D eigenvalue weighted by atomic mass is 19.4. The fraction of sp³-hybridized carbons (Fsp3) is 0.846. The molecule has 1 saturated carbocycles. The molecule has 0 bridgehead atoms. The first-order valence-corrected chi connectivity index (χ1v) is 7.12. The molecule has 0 radical (unpaired) electrons. The number of hydrogen-bond donors (Lipinski definition) is 2. The molecule has 1 atom stereocenters. The summed E-state index contributed by atoms with van der Waals surface area (Å²) in [7, 11) is 0. The summed E-state index contributed by atoms with van der Waals surface area (Å²) in [6, 6.07) is -0.616. The zero-order valence-corrected chi connectivity index (χ0v) is 11.5. The van der Waals surface area contributed by atoms with Crippen molar-refractivity contribution in [2.75, 3.05) is 13.1 Å². The molecule has 120 valence electrons. The van der Waals surface area contributed by atoms with E-state index in [2.05, 4.69) is 5.32 Å². The standard InChI is InChI=1S/C13H19F3N2O3/c14-13(15,16)9-1-3-10(4-2-9)17-12(21)18-6-5-8(7-18)11(19)20/h8-10H,1-7H2,(H,17,21)(H,19,20). The Labute approximate surface area is 120 Å². The monoisotopic (exact) mass is 308 g/mol. The van der Waals surface area contributed by atoms with Crippen molar-refractivity contribution in [1.82, 2.24) is 10.2 Å². The summed E-state index contributed by atoms with van der Waals surface area (Å²) in [4.78, 5) is 24.2. The Morgan fingerprint density at radius 2 is 1.71 bits per heavy atom. The molecular weight excluding hydrogens is 289 g/mol. The topological polar surface area (TPSA) is 69.6 Å². The average molecular weight is 308 g/mol. The number of alkyl halides is 3. The molecule has 2 N–H and O–H groups in total. The number of hydrogen-bond acceptors (Lipinski definition) is 2. The van der Waals surface area contributed by atoms with E-state index in [9.17, 15) is 22.8 Å². The van der Waals surface area contributed by atoms with E-state index in [1.54, 1.807) is 0 Å². The van der Waals surface area contributed by atoms with Crippen LogP contribution < -0.4 is 5.32 Å². The second-order valence-electron chi connectivity index (χ2n) is 5.81. The first-order valence-electron chi connectivity index (χ1n) is 7.12.